The third-order valence-corrected chi connectivity index (χ3v) is 19.9. The molecule has 0 bridgehead atoms. The number of hydrogen-bond donors (Lipinski definition) is 0. The predicted molar refractivity (Wildman–Crippen MR) is 491 cm³/mol. The normalized spacial score (nSPS) is 10.8. The molecule has 4 aliphatic rings. The summed E-state index contributed by atoms with van der Waals surface area (Å²) in [6.07, 6.45) is 13.8. The van der Waals surface area contributed by atoms with Crippen LogP contribution in [0.2, 0.25) is 0 Å². The van der Waals surface area contributed by atoms with Gasteiger partial charge in [-0.15, -0.1) is 0 Å². The zero-order valence-corrected chi connectivity index (χ0v) is 70.3. The summed E-state index contributed by atoms with van der Waals surface area (Å²) in [7, 11) is 0. The summed E-state index contributed by atoms with van der Waals surface area (Å²) >= 11 is 0. The van der Waals surface area contributed by atoms with Crippen molar-refractivity contribution in [1.29, 1.82) is 0 Å². The molecule has 0 radical (unpaired) electrons. The minimum atomic E-state index is 0.966. The van der Waals surface area contributed by atoms with Gasteiger partial charge in [0.25, 0.3) is 0 Å². The van der Waals surface area contributed by atoms with Crippen molar-refractivity contribution in [3.05, 3.63) is 381 Å². The van der Waals surface area contributed by atoms with E-state index in [1.807, 2.05) is 183 Å². The lowest BCUT2D eigenvalue weighted by Gasteiger charge is -2.04. The highest BCUT2D eigenvalue weighted by atomic mass is 14.8. The topological polar surface area (TPSA) is 77.3 Å². The second kappa shape index (κ2) is 42.3. The predicted octanol–water partition coefficient (Wildman–Crippen LogP) is 29.7. The fourth-order valence-corrected chi connectivity index (χ4v) is 14.8. The van der Waals surface area contributed by atoms with Crippen molar-refractivity contribution in [2.24, 2.45) is 0 Å². The molecule has 21 rings (SSSR count). The fraction of sp³-hybridized carbons (Fsp3) is 0.215. The van der Waals surface area contributed by atoms with Gasteiger partial charge >= 0.3 is 0 Å². The Labute approximate surface area is 674 Å². The average molecular weight is 1480 g/mol. The average Bonchev–Trinajstić information content (AvgIpc) is 1.70. The molecule has 0 fully saturated rings. The number of hydrogen-bond acceptors (Lipinski definition) is 6. The first kappa shape index (κ1) is 84.9. The van der Waals surface area contributed by atoms with Crippen LogP contribution in [-0.4, -0.2) is 29.9 Å². The standard InChI is InChI=1S/4C14H12.3C13H10N2.6C2H6/c1-10-5-4-7-12-9-11-6-2-3-8-13(11)14(10)12;1-10-5-4-8-13-12-7-3-2-6-11(12)9-14(10)13;1-10-6-7-14-12(8-10)9-11-4-2-3-5-13(11)14;1-10-6-7-12-9-11-4-2-3-5-13(11)14(12)8-10;1-9-10-5-2-3-6-11(10)13-12(15-9)7-4-8-14-13;1-9-6-12-13(15-7-9)11-5-3-2-4-10(11)8-14-12;1-9-6-7-14-13-11-5-3-2-4-10(11)8-15-12(9)13;6*1-2/h4*2-8H,9H2,1H3;3*2-8H,1H3;6*1-2H3. The molecule has 4 aliphatic carbocycles. The lowest BCUT2D eigenvalue weighted by Crippen LogP contribution is -1.89. The Bertz CT molecular complexity index is 5930. The Kier molecular flexibility index (Phi) is 31.8. The van der Waals surface area contributed by atoms with Crippen LogP contribution in [0.15, 0.2) is 298 Å². The van der Waals surface area contributed by atoms with Gasteiger partial charge in [-0.2, -0.15) is 0 Å². The van der Waals surface area contributed by atoms with Crippen LogP contribution in [0.5, 0.6) is 0 Å². The monoisotopic (exact) mass is 1480 g/mol. The van der Waals surface area contributed by atoms with Crippen molar-refractivity contribution in [3.8, 4) is 44.5 Å². The van der Waals surface area contributed by atoms with Crippen LogP contribution in [0, 0.1) is 48.5 Å². The van der Waals surface area contributed by atoms with Crippen LogP contribution >= 0.6 is 0 Å². The van der Waals surface area contributed by atoms with Crippen molar-refractivity contribution in [1.82, 2.24) is 29.9 Å². The summed E-state index contributed by atoms with van der Waals surface area (Å²) < 4.78 is 0. The molecule has 11 aromatic carbocycles. The maximum Gasteiger partial charge on any atom is 0.0967 e. The lowest BCUT2D eigenvalue weighted by molar-refractivity contribution is 1.22. The molecule has 0 unspecified atom stereocenters. The molecule has 113 heavy (non-hydrogen) atoms. The Morgan fingerprint density at radius 2 is 0.673 bits per heavy atom. The van der Waals surface area contributed by atoms with Gasteiger partial charge in [-0.1, -0.05) is 337 Å². The highest BCUT2D eigenvalue weighted by molar-refractivity contribution is 6.05. The third kappa shape index (κ3) is 20.0. The fourth-order valence-electron chi connectivity index (χ4n) is 14.8. The summed E-state index contributed by atoms with van der Waals surface area (Å²) in [5.41, 5.74) is 38.0. The second-order valence-electron chi connectivity index (χ2n) is 26.9. The van der Waals surface area contributed by atoms with Crippen LogP contribution in [0.4, 0.5) is 0 Å². The number of nitrogens with zero attached hydrogens (tertiary/aromatic N) is 6. The zero-order valence-electron chi connectivity index (χ0n) is 70.3. The Morgan fingerprint density at radius 1 is 0.230 bits per heavy atom. The molecule has 0 amide bonds. The number of benzene rings is 11. The van der Waals surface area contributed by atoms with Gasteiger partial charge in [-0.05, 0) is 210 Å². The summed E-state index contributed by atoms with van der Waals surface area (Å²) in [6, 6.07) is 94.1. The molecule has 0 saturated heterocycles. The number of pyridine rings is 6. The Hall–Kier alpha value is -12.1. The maximum atomic E-state index is 4.54. The van der Waals surface area contributed by atoms with Crippen LogP contribution in [-0.2, 0) is 25.7 Å². The minimum Gasteiger partial charge on any atom is -0.254 e. The van der Waals surface area contributed by atoms with Crippen molar-refractivity contribution < 1.29 is 0 Å². The molecule has 0 N–H and O–H groups in total. The first-order valence-corrected chi connectivity index (χ1v) is 41.0. The molecule has 0 spiro atoms. The van der Waals surface area contributed by atoms with Gasteiger partial charge in [-0.25, -0.2) is 0 Å². The molecule has 6 heteroatoms. The smallest absolute Gasteiger partial charge is 0.0967 e. The molecule has 0 aliphatic heterocycles. The van der Waals surface area contributed by atoms with E-state index >= 15 is 0 Å². The molecule has 6 heterocycles. The van der Waals surface area contributed by atoms with Crippen LogP contribution < -0.4 is 0 Å². The van der Waals surface area contributed by atoms with Crippen molar-refractivity contribution in [2.45, 2.75) is 157 Å². The van der Waals surface area contributed by atoms with Crippen LogP contribution in [0.1, 0.15) is 167 Å². The SMILES string of the molecule is CC.CC.CC.CC.CC.CC.Cc1ccc2c(c1)-c1ccccc1C2.Cc1ccc2c(c1)Cc1ccccc1-2.Cc1cccc2c1-c1ccccc1C2.Cc1cccc2c1Cc1ccccc1-2.Cc1ccnc2c1ncc1ccccc12.Cc1cnc2c(c1)ncc1ccccc12.Cc1nc2cccnc2c2ccccc12. The van der Waals surface area contributed by atoms with Crippen molar-refractivity contribution in [2.75, 3.05) is 0 Å². The Morgan fingerprint density at radius 3 is 1.34 bits per heavy atom. The number of rotatable bonds is 0. The number of fused-ring (bicyclic) bond motifs is 21. The lowest BCUT2D eigenvalue weighted by atomic mass is 10.0. The van der Waals surface area contributed by atoms with Crippen LogP contribution in [0.25, 0.3) is 110 Å². The van der Waals surface area contributed by atoms with E-state index in [-0.39, 0.29) is 0 Å². The summed E-state index contributed by atoms with van der Waals surface area (Å²) in [5.74, 6) is 0. The molecule has 17 aromatic rings. The Balaban J connectivity index is 0.000000148. The summed E-state index contributed by atoms with van der Waals surface area (Å²) in [4.78, 5) is 26.6. The van der Waals surface area contributed by atoms with Crippen molar-refractivity contribution in [3.63, 3.8) is 0 Å². The summed E-state index contributed by atoms with van der Waals surface area (Å²) in [6.45, 7) is 38.8. The van der Waals surface area contributed by atoms with Gasteiger partial charge in [0.2, 0.25) is 0 Å². The van der Waals surface area contributed by atoms with E-state index < -0.39 is 0 Å². The largest absolute Gasteiger partial charge is 0.254 e. The second-order valence-corrected chi connectivity index (χ2v) is 26.9. The highest BCUT2D eigenvalue weighted by Crippen LogP contribution is 2.41. The third-order valence-electron chi connectivity index (χ3n) is 19.9. The molecular weight excluding hydrogens is 1370 g/mol. The molecule has 0 saturated carbocycles. The molecule has 6 aromatic heterocycles. The van der Waals surface area contributed by atoms with E-state index in [0.29, 0.717) is 0 Å². The van der Waals surface area contributed by atoms with Gasteiger partial charge in [0, 0.05) is 69.0 Å². The number of aryl methyl sites for hydroxylation is 7. The molecule has 6 nitrogen and oxygen atoms in total. The zero-order chi connectivity index (χ0) is 80.9. The molecule has 572 valence electrons. The summed E-state index contributed by atoms with van der Waals surface area (Å²) in [5, 5.41) is 6.99. The number of aromatic nitrogens is 6. The van der Waals surface area contributed by atoms with Gasteiger partial charge in [0.1, 0.15) is 0 Å². The first-order chi connectivity index (χ1) is 55.5. The van der Waals surface area contributed by atoms with Gasteiger partial charge in [0.05, 0.1) is 33.1 Å². The first-order valence-electron chi connectivity index (χ1n) is 41.0. The highest BCUT2D eigenvalue weighted by Gasteiger charge is 2.22. The minimum absolute atomic E-state index is 0.966. The van der Waals surface area contributed by atoms with Gasteiger partial charge in [-0.3, -0.25) is 29.9 Å². The van der Waals surface area contributed by atoms with E-state index in [1.54, 1.807) is 0 Å². The van der Waals surface area contributed by atoms with Crippen molar-refractivity contribution >= 4 is 65.4 Å². The molecular formula is C107H114N6. The van der Waals surface area contributed by atoms with E-state index in [1.165, 1.54) is 138 Å². The van der Waals surface area contributed by atoms with Crippen LogP contribution in [0.3, 0.4) is 0 Å². The maximum absolute atomic E-state index is 4.54. The van der Waals surface area contributed by atoms with Gasteiger partial charge < -0.3 is 0 Å². The van der Waals surface area contributed by atoms with E-state index in [4.69, 9.17) is 0 Å². The molecule has 0 atom stereocenters. The quantitative estimate of drug-likeness (QED) is 0.141. The van der Waals surface area contributed by atoms with E-state index in [0.717, 1.165) is 80.8 Å². The van der Waals surface area contributed by atoms with E-state index in [9.17, 15) is 0 Å². The van der Waals surface area contributed by atoms with E-state index in [2.05, 4.69) is 277 Å². The van der Waals surface area contributed by atoms with Gasteiger partial charge in [0.15, 0.2) is 0 Å².